The Kier molecular flexibility index (Phi) is 5.51. The number of esters is 1. The number of ether oxygens (including phenoxy) is 1. The van der Waals surface area contributed by atoms with Crippen molar-refractivity contribution >= 4 is 11.5 Å². The van der Waals surface area contributed by atoms with E-state index in [1.807, 2.05) is 6.20 Å². The first-order valence-electron chi connectivity index (χ1n) is 13.6. The fourth-order valence-electron chi connectivity index (χ4n) is 8.72. The third-order valence-corrected chi connectivity index (χ3v) is 10.7. The summed E-state index contributed by atoms with van der Waals surface area (Å²) in [5.41, 5.74) is 4.98. The summed E-state index contributed by atoms with van der Waals surface area (Å²) in [6.07, 6.45) is 19.2. The third kappa shape index (κ3) is 3.43. The monoisotopic (exact) mass is 460 g/mol. The van der Waals surface area contributed by atoms with Gasteiger partial charge in [-0.3, -0.25) is 14.7 Å². The highest BCUT2D eigenvalue weighted by Crippen LogP contribution is 2.66. The summed E-state index contributed by atoms with van der Waals surface area (Å²) in [6.45, 7) is 6.07. The number of fused-ring (bicyclic) bond motifs is 5. The largest absolute Gasteiger partial charge is 0.461 e. The van der Waals surface area contributed by atoms with Crippen molar-refractivity contribution in [3.63, 3.8) is 0 Å². The molecule has 3 fully saturated rings. The van der Waals surface area contributed by atoms with E-state index in [2.05, 4.69) is 61.3 Å². The predicted octanol–water partition coefficient (Wildman–Crippen LogP) is 6.04. The standard InChI is InChI=1S/C30H40N2O2/c1-29-14-12-22(34-28(33)27-7-5-17-32(27)3)18-21(29)8-9-23-25-11-10-24(20-6-4-16-31-19-20)30(25,2)15-13-26(23)29/h4,6,8,10,16,19,22-23,25-27H,5,7,9,11-15,17-18H2,1-3H3/t22-,23-,25?,26?,27-,29-,30+/m0/s1. The van der Waals surface area contributed by atoms with Gasteiger partial charge in [-0.2, -0.15) is 0 Å². The summed E-state index contributed by atoms with van der Waals surface area (Å²) in [6, 6.07) is 4.29. The van der Waals surface area contributed by atoms with Crippen LogP contribution in [0, 0.1) is 28.6 Å². The summed E-state index contributed by atoms with van der Waals surface area (Å²) in [5.74, 6) is 2.25. The van der Waals surface area contributed by atoms with Gasteiger partial charge >= 0.3 is 5.97 Å². The van der Waals surface area contributed by atoms with Crippen molar-refractivity contribution in [2.45, 2.75) is 83.8 Å². The lowest BCUT2D eigenvalue weighted by Gasteiger charge is -2.58. The lowest BCUT2D eigenvalue weighted by atomic mass is 9.47. The van der Waals surface area contributed by atoms with Gasteiger partial charge < -0.3 is 4.74 Å². The average Bonchev–Trinajstić information content (AvgIpc) is 3.42. The molecule has 4 aliphatic carbocycles. The van der Waals surface area contributed by atoms with Gasteiger partial charge in [0, 0.05) is 18.8 Å². The van der Waals surface area contributed by atoms with Crippen LogP contribution in [0.2, 0.25) is 0 Å². The van der Waals surface area contributed by atoms with Crippen LogP contribution < -0.4 is 0 Å². The van der Waals surface area contributed by atoms with Gasteiger partial charge in [0.2, 0.25) is 0 Å². The van der Waals surface area contributed by atoms with Gasteiger partial charge in [0.25, 0.3) is 0 Å². The molecule has 5 aliphatic rings. The van der Waals surface area contributed by atoms with E-state index in [1.54, 1.807) is 5.57 Å². The van der Waals surface area contributed by atoms with Crippen molar-refractivity contribution in [3.05, 3.63) is 47.8 Å². The van der Waals surface area contributed by atoms with Gasteiger partial charge in [-0.15, -0.1) is 0 Å². The summed E-state index contributed by atoms with van der Waals surface area (Å²) in [5, 5.41) is 0. The number of aromatic nitrogens is 1. The minimum Gasteiger partial charge on any atom is -0.461 e. The summed E-state index contributed by atoms with van der Waals surface area (Å²) in [7, 11) is 2.05. The number of likely N-dealkylation sites (tertiary alicyclic amines) is 1. The summed E-state index contributed by atoms with van der Waals surface area (Å²) < 4.78 is 6.09. The van der Waals surface area contributed by atoms with Crippen LogP contribution in [-0.2, 0) is 9.53 Å². The van der Waals surface area contributed by atoms with Crippen LogP contribution in [0.15, 0.2) is 42.3 Å². The van der Waals surface area contributed by atoms with E-state index < -0.39 is 0 Å². The molecule has 4 heteroatoms. The van der Waals surface area contributed by atoms with Crippen molar-refractivity contribution in [2.75, 3.05) is 13.6 Å². The molecule has 1 aliphatic heterocycles. The molecule has 1 aromatic rings. The number of allylic oxidation sites excluding steroid dienone is 3. The number of carbonyl (C=O) groups is 1. The number of hydrogen-bond acceptors (Lipinski definition) is 4. The first-order valence-corrected chi connectivity index (χ1v) is 13.6. The second-order valence-electron chi connectivity index (χ2n) is 12.3. The molecule has 4 nitrogen and oxygen atoms in total. The quantitative estimate of drug-likeness (QED) is 0.407. The second-order valence-corrected chi connectivity index (χ2v) is 12.3. The van der Waals surface area contributed by atoms with Gasteiger partial charge in [0.1, 0.15) is 12.1 Å². The molecule has 7 atom stereocenters. The van der Waals surface area contributed by atoms with Crippen LogP contribution in [-0.4, -0.2) is 41.6 Å². The molecular weight excluding hydrogens is 420 g/mol. The van der Waals surface area contributed by atoms with Crippen LogP contribution in [0.3, 0.4) is 0 Å². The van der Waals surface area contributed by atoms with Crippen LogP contribution in [0.25, 0.3) is 5.57 Å². The first-order chi connectivity index (χ1) is 16.4. The number of nitrogens with zero attached hydrogens (tertiary/aromatic N) is 2. The third-order valence-electron chi connectivity index (χ3n) is 10.7. The van der Waals surface area contributed by atoms with Crippen LogP contribution in [0.1, 0.15) is 77.2 Å². The summed E-state index contributed by atoms with van der Waals surface area (Å²) >= 11 is 0. The zero-order valence-electron chi connectivity index (χ0n) is 21.1. The fraction of sp³-hybridized carbons (Fsp3) is 0.667. The Morgan fingerprint density at radius 2 is 1.94 bits per heavy atom. The van der Waals surface area contributed by atoms with E-state index in [1.165, 1.54) is 36.8 Å². The molecule has 0 radical (unpaired) electrons. The Morgan fingerprint density at radius 3 is 2.71 bits per heavy atom. The number of rotatable bonds is 3. The zero-order valence-corrected chi connectivity index (χ0v) is 21.1. The lowest BCUT2D eigenvalue weighted by molar-refractivity contribution is -0.156. The predicted molar refractivity (Wildman–Crippen MR) is 135 cm³/mol. The molecule has 0 amide bonds. The Labute approximate surface area is 204 Å². The zero-order chi connectivity index (χ0) is 23.5. The smallest absolute Gasteiger partial charge is 0.323 e. The Balaban J connectivity index is 1.18. The summed E-state index contributed by atoms with van der Waals surface area (Å²) in [4.78, 5) is 19.4. The highest BCUT2D eigenvalue weighted by molar-refractivity contribution is 5.76. The maximum absolute atomic E-state index is 12.8. The van der Waals surface area contributed by atoms with Gasteiger partial charge in [-0.05, 0) is 111 Å². The number of likely N-dealkylation sites (N-methyl/N-ethyl adjacent to an activating group) is 1. The Morgan fingerprint density at radius 1 is 1.09 bits per heavy atom. The van der Waals surface area contributed by atoms with Crippen LogP contribution >= 0.6 is 0 Å². The Bertz CT molecular complexity index is 1020. The lowest BCUT2D eigenvalue weighted by Crippen LogP contribution is -2.50. The molecule has 34 heavy (non-hydrogen) atoms. The minimum atomic E-state index is -0.0297. The van der Waals surface area contributed by atoms with E-state index in [9.17, 15) is 4.79 Å². The van der Waals surface area contributed by atoms with Gasteiger partial charge in [0.15, 0.2) is 0 Å². The molecule has 2 unspecified atom stereocenters. The van der Waals surface area contributed by atoms with E-state index in [0.29, 0.717) is 0 Å². The van der Waals surface area contributed by atoms with E-state index in [0.717, 1.165) is 56.4 Å². The molecule has 1 saturated heterocycles. The van der Waals surface area contributed by atoms with Crippen molar-refractivity contribution in [3.8, 4) is 0 Å². The number of hydrogen-bond donors (Lipinski definition) is 0. The highest BCUT2D eigenvalue weighted by Gasteiger charge is 2.57. The van der Waals surface area contributed by atoms with Crippen LogP contribution in [0.5, 0.6) is 0 Å². The molecular formula is C30H40N2O2. The minimum absolute atomic E-state index is 0.0104. The first kappa shape index (κ1) is 22.5. The normalized spacial score (nSPS) is 41.7. The number of carbonyl (C=O) groups excluding carboxylic acids is 1. The molecule has 2 saturated carbocycles. The Hall–Kier alpha value is -1.94. The van der Waals surface area contributed by atoms with E-state index in [-0.39, 0.29) is 28.9 Å². The van der Waals surface area contributed by atoms with E-state index >= 15 is 0 Å². The molecule has 2 heterocycles. The average molecular weight is 461 g/mol. The van der Waals surface area contributed by atoms with E-state index in [4.69, 9.17) is 4.74 Å². The number of pyridine rings is 1. The molecule has 182 valence electrons. The van der Waals surface area contributed by atoms with Gasteiger partial charge in [-0.1, -0.05) is 37.6 Å². The van der Waals surface area contributed by atoms with Crippen molar-refractivity contribution in [2.24, 2.45) is 28.6 Å². The molecule has 0 bridgehead atoms. The maximum atomic E-state index is 12.8. The van der Waals surface area contributed by atoms with Gasteiger partial charge in [-0.25, -0.2) is 0 Å². The fourth-order valence-corrected chi connectivity index (χ4v) is 8.72. The maximum Gasteiger partial charge on any atom is 0.323 e. The molecule has 0 aromatic carbocycles. The van der Waals surface area contributed by atoms with Gasteiger partial charge in [0.05, 0.1) is 0 Å². The topological polar surface area (TPSA) is 42.4 Å². The van der Waals surface area contributed by atoms with Crippen LogP contribution in [0.4, 0.5) is 0 Å². The molecule has 1 aromatic heterocycles. The SMILES string of the molecule is CN1CCC[C@H]1C(=O)O[C@H]1CC[C@@]2(C)C(=CC[C@@H]3C2CC[C@]2(C)C(c4cccnc4)=CCC32)C1. The highest BCUT2D eigenvalue weighted by atomic mass is 16.5. The molecule has 0 N–H and O–H groups in total. The molecule has 6 rings (SSSR count). The van der Waals surface area contributed by atoms with Crippen molar-refractivity contribution < 1.29 is 9.53 Å². The molecule has 0 spiro atoms. The second kappa shape index (κ2) is 8.33. The van der Waals surface area contributed by atoms with Crippen molar-refractivity contribution in [1.29, 1.82) is 0 Å². The van der Waals surface area contributed by atoms with Crippen molar-refractivity contribution in [1.82, 2.24) is 9.88 Å².